The number of carbonyl (C=O) groups excluding carboxylic acids is 1. The van der Waals surface area contributed by atoms with E-state index in [-0.39, 0.29) is 12.4 Å². The third-order valence-corrected chi connectivity index (χ3v) is 4.08. The lowest BCUT2D eigenvalue weighted by Gasteiger charge is -2.40. The van der Waals surface area contributed by atoms with Crippen LogP contribution >= 0.6 is 0 Å². The minimum absolute atomic E-state index is 0.109. The van der Waals surface area contributed by atoms with E-state index >= 15 is 0 Å². The highest BCUT2D eigenvalue weighted by Crippen LogP contribution is 2.16. The number of piperazine rings is 1. The number of hydrogen-bond acceptors (Lipinski definition) is 5. The predicted molar refractivity (Wildman–Crippen MR) is 75.4 cm³/mol. The lowest BCUT2D eigenvalue weighted by molar-refractivity contribution is -0.121. The molecule has 0 aromatic rings. The maximum Gasteiger partial charge on any atom is 0.155 e. The van der Waals surface area contributed by atoms with Crippen molar-refractivity contribution < 1.29 is 9.53 Å². The van der Waals surface area contributed by atoms with Gasteiger partial charge in [0.25, 0.3) is 0 Å². The van der Waals surface area contributed by atoms with Gasteiger partial charge in [0, 0.05) is 38.8 Å². The fourth-order valence-corrected chi connectivity index (χ4v) is 2.96. The SMILES string of the molecule is CC(=O)COCCN1CCC(N2CCNCC2)CC1. The van der Waals surface area contributed by atoms with Gasteiger partial charge in [-0.1, -0.05) is 0 Å². The first kappa shape index (κ1) is 14.9. The van der Waals surface area contributed by atoms with Crippen molar-refractivity contribution in [3.63, 3.8) is 0 Å². The van der Waals surface area contributed by atoms with E-state index in [0.29, 0.717) is 6.61 Å². The Bertz CT molecular complexity index is 272. The molecule has 19 heavy (non-hydrogen) atoms. The van der Waals surface area contributed by atoms with Crippen LogP contribution in [0.2, 0.25) is 0 Å². The molecule has 5 heteroatoms. The standard InChI is InChI=1S/C14H27N3O2/c1-13(18)12-19-11-10-16-6-2-14(3-7-16)17-8-4-15-5-9-17/h14-15H,2-12H2,1H3. The lowest BCUT2D eigenvalue weighted by Crippen LogP contribution is -2.52. The molecule has 0 radical (unpaired) electrons. The molecule has 2 saturated heterocycles. The van der Waals surface area contributed by atoms with Gasteiger partial charge in [-0.2, -0.15) is 0 Å². The molecular formula is C14H27N3O2. The van der Waals surface area contributed by atoms with Crippen LogP contribution in [0.3, 0.4) is 0 Å². The number of piperidine rings is 1. The topological polar surface area (TPSA) is 44.8 Å². The normalized spacial score (nSPS) is 23.6. The van der Waals surface area contributed by atoms with Crippen molar-refractivity contribution in [1.82, 2.24) is 15.1 Å². The van der Waals surface area contributed by atoms with Gasteiger partial charge in [0.15, 0.2) is 5.78 Å². The van der Waals surface area contributed by atoms with Crippen LogP contribution in [-0.2, 0) is 9.53 Å². The fourth-order valence-electron chi connectivity index (χ4n) is 2.96. The molecule has 110 valence electrons. The van der Waals surface area contributed by atoms with Gasteiger partial charge in [-0.3, -0.25) is 9.69 Å². The summed E-state index contributed by atoms with van der Waals surface area (Å²) in [5.41, 5.74) is 0. The van der Waals surface area contributed by atoms with Crippen LogP contribution in [0.5, 0.6) is 0 Å². The fraction of sp³-hybridized carbons (Fsp3) is 0.929. The zero-order valence-electron chi connectivity index (χ0n) is 12.1. The predicted octanol–water partition coefficient (Wildman–Crippen LogP) is -0.0384. The van der Waals surface area contributed by atoms with Crippen LogP contribution in [0.15, 0.2) is 0 Å². The summed E-state index contributed by atoms with van der Waals surface area (Å²) in [4.78, 5) is 15.9. The summed E-state index contributed by atoms with van der Waals surface area (Å²) in [5.74, 6) is 0.109. The zero-order valence-corrected chi connectivity index (χ0v) is 12.1. The van der Waals surface area contributed by atoms with Crippen molar-refractivity contribution in [1.29, 1.82) is 0 Å². The molecule has 0 bridgehead atoms. The summed E-state index contributed by atoms with van der Waals surface area (Å²) in [5, 5.41) is 3.41. The zero-order chi connectivity index (χ0) is 13.5. The Morgan fingerprint density at radius 1 is 1.21 bits per heavy atom. The first-order valence-corrected chi connectivity index (χ1v) is 7.50. The molecule has 0 amide bonds. The van der Waals surface area contributed by atoms with Crippen LogP contribution in [0.25, 0.3) is 0 Å². The number of Topliss-reactive ketones (excluding diaryl/α,β-unsaturated/α-hetero) is 1. The summed E-state index contributed by atoms with van der Waals surface area (Å²) in [6.45, 7) is 10.5. The molecule has 2 aliphatic rings. The van der Waals surface area contributed by atoms with Gasteiger partial charge in [-0.05, 0) is 32.9 Å². The molecule has 0 unspecified atom stereocenters. The van der Waals surface area contributed by atoms with Gasteiger partial charge in [0.2, 0.25) is 0 Å². The average Bonchev–Trinajstić information content (AvgIpc) is 2.45. The minimum Gasteiger partial charge on any atom is -0.372 e. The average molecular weight is 269 g/mol. The summed E-state index contributed by atoms with van der Waals surface area (Å²) in [6, 6.07) is 0.775. The van der Waals surface area contributed by atoms with E-state index in [2.05, 4.69) is 15.1 Å². The lowest BCUT2D eigenvalue weighted by atomic mass is 10.0. The molecule has 2 rings (SSSR count). The minimum atomic E-state index is 0.109. The monoisotopic (exact) mass is 269 g/mol. The maximum atomic E-state index is 10.8. The van der Waals surface area contributed by atoms with Crippen LogP contribution in [0.4, 0.5) is 0 Å². The Balaban J connectivity index is 1.58. The molecule has 0 aliphatic carbocycles. The van der Waals surface area contributed by atoms with Gasteiger partial charge in [-0.15, -0.1) is 0 Å². The van der Waals surface area contributed by atoms with Crippen LogP contribution < -0.4 is 5.32 Å². The second-order valence-corrected chi connectivity index (χ2v) is 5.61. The van der Waals surface area contributed by atoms with Crippen molar-refractivity contribution in [3.05, 3.63) is 0 Å². The van der Waals surface area contributed by atoms with E-state index in [0.717, 1.165) is 38.8 Å². The highest BCUT2D eigenvalue weighted by molar-refractivity contribution is 5.76. The number of hydrogen-bond donors (Lipinski definition) is 1. The second kappa shape index (κ2) is 7.94. The van der Waals surface area contributed by atoms with Crippen LogP contribution in [0, 0.1) is 0 Å². The molecular weight excluding hydrogens is 242 g/mol. The molecule has 0 atom stereocenters. The third-order valence-electron chi connectivity index (χ3n) is 4.08. The Labute approximate surface area is 116 Å². The smallest absolute Gasteiger partial charge is 0.155 e. The van der Waals surface area contributed by atoms with E-state index in [1.54, 1.807) is 6.92 Å². The van der Waals surface area contributed by atoms with E-state index < -0.39 is 0 Å². The van der Waals surface area contributed by atoms with E-state index in [4.69, 9.17) is 4.74 Å². The van der Waals surface area contributed by atoms with E-state index in [1.807, 2.05) is 0 Å². The number of likely N-dealkylation sites (tertiary alicyclic amines) is 1. The van der Waals surface area contributed by atoms with Crippen molar-refractivity contribution in [2.45, 2.75) is 25.8 Å². The van der Waals surface area contributed by atoms with Crippen molar-refractivity contribution in [2.24, 2.45) is 0 Å². The highest BCUT2D eigenvalue weighted by atomic mass is 16.5. The maximum absolute atomic E-state index is 10.8. The molecule has 2 aliphatic heterocycles. The number of carbonyl (C=O) groups is 1. The van der Waals surface area contributed by atoms with E-state index in [9.17, 15) is 4.79 Å². The van der Waals surface area contributed by atoms with Crippen LogP contribution in [-0.4, -0.2) is 80.7 Å². The number of nitrogens with zero attached hydrogens (tertiary/aromatic N) is 2. The molecule has 0 aromatic carbocycles. The van der Waals surface area contributed by atoms with Crippen molar-refractivity contribution in [3.8, 4) is 0 Å². The number of ketones is 1. The molecule has 5 nitrogen and oxygen atoms in total. The number of nitrogens with one attached hydrogen (secondary N) is 1. The quantitative estimate of drug-likeness (QED) is 0.686. The second-order valence-electron chi connectivity index (χ2n) is 5.61. The van der Waals surface area contributed by atoms with Gasteiger partial charge >= 0.3 is 0 Å². The van der Waals surface area contributed by atoms with Crippen molar-refractivity contribution >= 4 is 5.78 Å². The summed E-state index contributed by atoms with van der Waals surface area (Å²) in [7, 11) is 0. The van der Waals surface area contributed by atoms with Crippen molar-refractivity contribution in [2.75, 3.05) is 59.0 Å². The Morgan fingerprint density at radius 3 is 2.53 bits per heavy atom. The largest absolute Gasteiger partial charge is 0.372 e. The Morgan fingerprint density at radius 2 is 1.89 bits per heavy atom. The summed E-state index contributed by atoms with van der Waals surface area (Å²) >= 11 is 0. The van der Waals surface area contributed by atoms with Gasteiger partial charge in [0.05, 0.1) is 6.61 Å². The number of rotatable bonds is 6. The third kappa shape index (κ3) is 5.18. The molecule has 0 saturated carbocycles. The van der Waals surface area contributed by atoms with Crippen LogP contribution in [0.1, 0.15) is 19.8 Å². The van der Waals surface area contributed by atoms with Gasteiger partial charge in [-0.25, -0.2) is 0 Å². The summed E-state index contributed by atoms with van der Waals surface area (Å²) in [6.07, 6.45) is 2.54. The number of ether oxygens (including phenoxy) is 1. The van der Waals surface area contributed by atoms with E-state index in [1.165, 1.54) is 25.9 Å². The Hall–Kier alpha value is -0.490. The molecule has 1 N–H and O–H groups in total. The molecule has 0 spiro atoms. The van der Waals surface area contributed by atoms with Gasteiger partial charge < -0.3 is 15.0 Å². The highest BCUT2D eigenvalue weighted by Gasteiger charge is 2.25. The Kier molecular flexibility index (Phi) is 6.23. The summed E-state index contributed by atoms with van der Waals surface area (Å²) < 4.78 is 5.33. The first-order valence-electron chi connectivity index (χ1n) is 7.50. The first-order chi connectivity index (χ1) is 9.25. The molecule has 0 aromatic heterocycles. The molecule has 2 heterocycles. The van der Waals surface area contributed by atoms with Gasteiger partial charge in [0.1, 0.15) is 6.61 Å². The molecule has 2 fully saturated rings.